The summed E-state index contributed by atoms with van der Waals surface area (Å²) in [6.45, 7) is 1.97. The highest BCUT2D eigenvalue weighted by Gasteiger charge is 2.26. The Morgan fingerprint density at radius 2 is 1.89 bits per heavy atom. The third kappa shape index (κ3) is 4.03. The van der Waals surface area contributed by atoms with Gasteiger partial charge in [0.1, 0.15) is 0 Å². The average Bonchev–Trinajstić information content (AvgIpc) is 2.99. The van der Waals surface area contributed by atoms with Gasteiger partial charge in [-0.3, -0.25) is 0 Å². The monoisotopic (exact) mass is 391 g/mol. The summed E-state index contributed by atoms with van der Waals surface area (Å²) in [5.74, 6) is -3.70. The van der Waals surface area contributed by atoms with Crippen LogP contribution in [0.5, 0.6) is 0 Å². The van der Waals surface area contributed by atoms with E-state index in [1.807, 2.05) is 0 Å². The summed E-state index contributed by atoms with van der Waals surface area (Å²) in [5, 5.41) is -0.138. The van der Waals surface area contributed by atoms with Crippen molar-refractivity contribution in [2.75, 3.05) is 6.61 Å². The van der Waals surface area contributed by atoms with E-state index in [1.54, 1.807) is 31.2 Å². The molecule has 2 aromatic carbocycles. The molecule has 3 rings (SSSR count). The van der Waals surface area contributed by atoms with E-state index in [2.05, 4.69) is 4.99 Å². The number of ether oxygens (including phenoxy) is 2. The molecule has 2 aromatic rings. The predicted molar refractivity (Wildman–Crippen MR) is 94.4 cm³/mol. The van der Waals surface area contributed by atoms with Crippen LogP contribution in [-0.2, 0) is 14.3 Å². The van der Waals surface area contributed by atoms with Crippen LogP contribution in [0.2, 0.25) is 5.02 Å². The number of carbonyl (C=O) groups is 2. The molecule has 1 aliphatic rings. The molecule has 0 unspecified atom stereocenters. The van der Waals surface area contributed by atoms with E-state index >= 15 is 0 Å². The van der Waals surface area contributed by atoms with Crippen LogP contribution in [0, 0.1) is 11.6 Å². The van der Waals surface area contributed by atoms with Gasteiger partial charge in [0.25, 0.3) is 0 Å². The summed E-state index contributed by atoms with van der Waals surface area (Å²) >= 11 is 5.87. The molecule has 0 bridgehead atoms. The second kappa shape index (κ2) is 7.67. The van der Waals surface area contributed by atoms with Gasteiger partial charge < -0.3 is 9.47 Å². The summed E-state index contributed by atoms with van der Waals surface area (Å²) in [6.07, 6.45) is 1.43. The molecule has 5 nitrogen and oxygen atoms in total. The Balaban J connectivity index is 1.88. The zero-order chi connectivity index (χ0) is 19.6. The fourth-order valence-electron chi connectivity index (χ4n) is 2.30. The molecular weight excluding hydrogens is 380 g/mol. The highest BCUT2D eigenvalue weighted by molar-refractivity contribution is 6.34. The van der Waals surface area contributed by atoms with Gasteiger partial charge in [0.05, 0.1) is 22.8 Å². The number of hydrogen-bond donors (Lipinski definition) is 0. The van der Waals surface area contributed by atoms with E-state index < -0.39 is 23.6 Å². The first-order valence-corrected chi connectivity index (χ1v) is 8.21. The van der Waals surface area contributed by atoms with Gasteiger partial charge in [-0.25, -0.2) is 23.4 Å². The normalized spacial score (nSPS) is 14.9. The lowest BCUT2D eigenvalue weighted by atomic mass is 10.1. The van der Waals surface area contributed by atoms with E-state index in [0.29, 0.717) is 11.1 Å². The van der Waals surface area contributed by atoms with Gasteiger partial charge in [0, 0.05) is 0 Å². The molecule has 0 atom stereocenters. The lowest BCUT2D eigenvalue weighted by molar-refractivity contribution is -0.129. The summed E-state index contributed by atoms with van der Waals surface area (Å²) < 4.78 is 36.5. The SMILES string of the molecule is CCOC(=O)c1ccc(/C=C2\N=C(c3cc(F)c(F)cc3Cl)OC2=O)cc1. The molecule has 0 N–H and O–H groups in total. The third-order valence-corrected chi connectivity index (χ3v) is 3.90. The Kier molecular flexibility index (Phi) is 5.32. The number of aliphatic imine (C=N–C) groups is 1. The summed E-state index contributed by atoms with van der Waals surface area (Å²) in [5.41, 5.74) is 0.863. The zero-order valence-corrected chi connectivity index (χ0v) is 14.7. The molecule has 0 fully saturated rings. The van der Waals surface area contributed by atoms with Crippen molar-refractivity contribution in [1.29, 1.82) is 0 Å². The van der Waals surface area contributed by atoms with Crippen LogP contribution in [0.25, 0.3) is 6.08 Å². The second-order valence-corrected chi connectivity index (χ2v) is 5.83. The molecule has 0 spiro atoms. The molecule has 1 aliphatic heterocycles. The van der Waals surface area contributed by atoms with Crippen molar-refractivity contribution in [2.24, 2.45) is 4.99 Å². The molecule has 27 heavy (non-hydrogen) atoms. The smallest absolute Gasteiger partial charge is 0.363 e. The van der Waals surface area contributed by atoms with Gasteiger partial charge in [-0.1, -0.05) is 23.7 Å². The Bertz CT molecular complexity index is 984. The maximum atomic E-state index is 13.4. The van der Waals surface area contributed by atoms with Gasteiger partial charge >= 0.3 is 11.9 Å². The van der Waals surface area contributed by atoms with Gasteiger partial charge in [-0.15, -0.1) is 0 Å². The van der Waals surface area contributed by atoms with E-state index in [0.717, 1.165) is 12.1 Å². The number of hydrogen-bond acceptors (Lipinski definition) is 5. The Hall–Kier alpha value is -3.06. The van der Waals surface area contributed by atoms with E-state index in [4.69, 9.17) is 21.1 Å². The lowest BCUT2D eigenvalue weighted by Crippen LogP contribution is -2.07. The molecule has 138 valence electrons. The van der Waals surface area contributed by atoms with Gasteiger partial charge in [0.2, 0.25) is 5.90 Å². The van der Waals surface area contributed by atoms with Crippen LogP contribution in [-0.4, -0.2) is 24.4 Å². The molecule has 0 amide bonds. The molecule has 8 heteroatoms. The molecule has 0 aliphatic carbocycles. The van der Waals surface area contributed by atoms with Gasteiger partial charge in [-0.05, 0) is 42.8 Å². The third-order valence-electron chi connectivity index (χ3n) is 3.59. The minimum absolute atomic E-state index is 0.0371. The number of nitrogens with zero attached hydrogens (tertiary/aromatic N) is 1. The van der Waals surface area contributed by atoms with Crippen LogP contribution in [0.15, 0.2) is 47.1 Å². The van der Waals surface area contributed by atoms with Crippen LogP contribution in [0.4, 0.5) is 8.78 Å². The standard InChI is InChI=1S/C19H12ClF2NO4/c1-2-26-18(24)11-5-3-10(4-6-11)7-16-19(25)27-17(23-16)12-8-14(21)15(22)9-13(12)20/h3-9H,2H2,1H3/b16-7-. The lowest BCUT2D eigenvalue weighted by Gasteiger charge is -2.03. The quantitative estimate of drug-likeness (QED) is 0.446. The molecule has 0 aromatic heterocycles. The number of carbonyl (C=O) groups excluding carboxylic acids is 2. The topological polar surface area (TPSA) is 65.0 Å². The van der Waals surface area contributed by atoms with Crippen LogP contribution >= 0.6 is 11.6 Å². The number of esters is 2. The first-order chi connectivity index (χ1) is 12.9. The molecule has 1 heterocycles. The molecular formula is C19H12ClF2NO4. The average molecular weight is 392 g/mol. The summed E-state index contributed by atoms with van der Waals surface area (Å²) in [7, 11) is 0. The summed E-state index contributed by atoms with van der Waals surface area (Å²) in [6, 6.07) is 7.87. The van der Waals surface area contributed by atoms with Crippen molar-refractivity contribution in [3.63, 3.8) is 0 Å². The maximum absolute atomic E-state index is 13.4. The first kappa shape index (κ1) is 18.7. The zero-order valence-electron chi connectivity index (χ0n) is 14.0. The number of rotatable bonds is 4. The fourth-order valence-corrected chi connectivity index (χ4v) is 2.53. The maximum Gasteiger partial charge on any atom is 0.363 e. The Morgan fingerprint density at radius 1 is 1.22 bits per heavy atom. The van der Waals surface area contributed by atoms with Gasteiger partial charge in [0.15, 0.2) is 17.3 Å². The highest BCUT2D eigenvalue weighted by atomic mass is 35.5. The largest absolute Gasteiger partial charge is 0.462 e. The van der Waals surface area contributed by atoms with Crippen molar-refractivity contribution >= 4 is 35.5 Å². The van der Waals surface area contributed by atoms with Crippen LogP contribution < -0.4 is 0 Å². The van der Waals surface area contributed by atoms with E-state index in [-0.39, 0.29) is 28.8 Å². The Morgan fingerprint density at radius 3 is 2.56 bits per heavy atom. The molecule has 0 saturated heterocycles. The van der Waals surface area contributed by atoms with Crippen molar-refractivity contribution in [1.82, 2.24) is 0 Å². The molecule has 0 saturated carbocycles. The Labute approximate surface area is 157 Å². The minimum Gasteiger partial charge on any atom is -0.462 e. The first-order valence-electron chi connectivity index (χ1n) is 7.83. The van der Waals surface area contributed by atoms with Crippen molar-refractivity contribution in [3.8, 4) is 0 Å². The van der Waals surface area contributed by atoms with Crippen molar-refractivity contribution in [2.45, 2.75) is 6.92 Å². The van der Waals surface area contributed by atoms with Gasteiger partial charge in [-0.2, -0.15) is 0 Å². The highest BCUT2D eigenvalue weighted by Crippen LogP contribution is 2.26. The van der Waals surface area contributed by atoms with Crippen molar-refractivity contribution in [3.05, 3.63) is 75.4 Å². The predicted octanol–water partition coefficient (Wildman–Crippen LogP) is 4.14. The van der Waals surface area contributed by atoms with Crippen LogP contribution in [0.1, 0.15) is 28.4 Å². The number of cyclic esters (lactones) is 1. The van der Waals surface area contributed by atoms with Crippen LogP contribution in [0.3, 0.4) is 0 Å². The summed E-state index contributed by atoms with van der Waals surface area (Å²) in [4.78, 5) is 27.6. The molecule has 0 radical (unpaired) electrons. The second-order valence-electron chi connectivity index (χ2n) is 5.42. The number of halogens is 3. The fraction of sp³-hybridized carbons (Fsp3) is 0.105. The van der Waals surface area contributed by atoms with E-state index in [9.17, 15) is 18.4 Å². The van der Waals surface area contributed by atoms with E-state index in [1.165, 1.54) is 6.08 Å². The minimum atomic E-state index is -1.14. The number of benzene rings is 2. The van der Waals surface area contributed by atoms with Crippen molar-refractivity contribution < 1.29 is 27.8 Å².